The van der Waals surface area contributed by atoms with E-state index in [1.165, 1.54) is 12.8 Å². The topological polar surface area (TPSA) is 50.2 Å². The molecule has 1 aliphatic carbocycles. The standard InChI is InChI=1S/C9H9NO2S/c11-9(12)8-5-7(3-4-10-8)13-6-1-2-6/h3-6H,1-2H2,(H,11,12). The quantitative estimate of drug-likeness (QED) is 0.801. The van der Waals surface area contributed by atoms with Gasteiger partial charge in [-0.2, -0.15) is 0 Å². The van der Waals surface area contributed by atoms with Crippen LogP contribution < -0.4 is 0 Å². The number of aromatic carboxylic acids is 1. The summed E-state index contributed by atoms with van der Waals surface area (Å²) in [7, 11) is 0. The van der Waals surface area contributed by atoms with E-state index >= 15 is 0 Å². The fourth-order valence-corrected chi connectivity index (χ4v) is 2.06. The number of aromatic nitrogens is 1. The van der Waals surface area contributed by atoms with E-state index in [1.807, 2.05) is 6.07 Å². The lowest BCUT2D eigenvalue weighted by atomic mass is 10.3. The molecule has 3 nitrogen and oxygen atoms in total. The molecule has 0 bridgehead atoms. The van der Waals surface area contributed by atoms with E-state index in [-0.39, 0.29) is 5.69 Å². The van der Waals surface area contributed by atoms with Crippen molar-refractivity contribution >= 4 is 17.7 Å². The minimum atomic E-state index is -0.960. The normalized spacial score (nSPS) is 15.7. The minimum absolute atomic E-state index is 0.130. The molecule has 0 amide bonds. The molecule has 0 atom stereocenters. The van der Waals surface area contributed by atoms with Gasteiger partial charge in [0.05, 0.1) is 0 Å². The Morgan fingerprint density at radius 2 is 2.38 bits per heavy atom. The van der Waals surface area contributed by atoms with Crippen molar-refractivity contribution < 1.29 is 9.90 Å². The fourth-order valence-electron chi connectivity index (χ4n) is 0.980. The van der Waals surface area contributed by atoms with Gasteiger partial charge >= 0.3 is 5.97 Å². The zero-order valence-electron chi connectivity index (χ0n) is 6.93. The monoisotopic (exact) mass is 195 g/mol. The minimum Gasteiger partial charge on any atom is -0.477 e. The zero-order valence-corrected chi connectivity index (χ0v) is 7.75. The first-order valence-corrected chi connectivity index (χ1v) is 4.99. The number of carbonyl (C=O) groups is 1. The number of rotatable bonds is 3. The Balaban J connectivity index is 2.15. The first-order chi connectivity index (χ1) is 6.25. The molecule has 0 unspecified atom stereocenters. The van der Waals surface area contributed by atoms with E-state index in [0.717, 1.165) is 4.90 Å². The summed E-state index contributed by atoms with van der Waals surface area (Å²) in [6.45, 7) is 0. The number of hydrogen-bond donors (Lipinski definition) is 1. The van der Waals surface area contributed by atoms with E-state index in [1.54, 1.807) is 24.0 Å². The first-order valence-electron chi connectivity index (χ1n) is 4.12. The third kappa shape index (κ3) is 2.21. The van der Waals surface area contributed by atoms with Crippen LogP contribution in [0.1, 0.15) is 23.3 Å². The van der Waals surface area contributed by atoms with E-state index < -0.39 is 5.97 Å². The van der Waals surface area contributed by atoms with Crippen LogP contribution in [0.4, 0.5) is 0 Å². The molecule has 1 saturated carbocycles. The lowest BCUT2D eigenvalue weighted by Crippen LogP contribution is -1.99. The van der Waals surface area contributed by atoms with Gasteiger partial charge in [0.1, 0.15) is 5.69 Å². The summed E-state index contributed by atoms with van der Waals surface area (Å²) in [4.78, 5) is 15.3. The Morgan fingerprint density at radius 3 is 3.00 bits per heavy atom. The van der Waals surface area contributed by atoms with Gasteiger partial charge in [0.2, 0.25) is 0 Å². The molecular formula is C9H9NO2S. The maximum atomic E-state index is 10.6. The summed E-state index contributed by atoms with van der Waals surface area (Å²) in [5.74, 6) is -0.960. The number of hydrogen-bond acceptors (Lipinski definition) is 3. The fraction of sp³-hybridized carbons (Fsp3) is 0.333. The van der Waals surface area contributed by atoms with E-state index in [0.29, 0.717) is 5.25 Å². The van der Waals surface area contributed by atoms with Crippen LogP contribution in [0.3, 0.4) is 0 Å². The number of carboxylic acids is 1. The van der Waals surface area contributed by atoms with Crippen LogP contribution in [0.2, 0.25) is 0 Å². The molecular weight excluding hydrogens is 186 g/mol. The summed E-state index contributed by atoms with van der Waals surface area (Å²) in [6.07, 6.45) is 4.04. The summed E-state index contributed by atoms with van der Waals surface area (Å²) < 4.78 is 0. The lowest BCUT2D eigenvalue weighted by Gasteiger charge is -1.99. The molecule has 1 N–H and O–H groups in total. The molecule has 13 heavy (non-hydrogen) atoms. The largest absolute Gasteiger partial charge is 0.477 e. The van der Waals surface area contributed by atoms with Gasteiger partial charge in [-0.3, -0.25) is 0 Å². The smallest absolute Gasteiger partial charge is 0.354 e. The average molecular weight is 195 g/mol. The highest BCUT2D eigenvalue weighted by Crippen LogP contribution is 2.38. The van der Waals surface area contributed by atoms with Crippen LogP contribution in [-0.4, -0.2) is 21.3 Å². The highest BCUT2D eigenvalue weighted by Gasteiger charge is 2.22. The van der Waals surface area contributed by atoms with Crippen molar-refractivity contribution in [2.24, 2.45) is 0 Å². The molecule has 68 valence electrons. The maximum absolute atomic E-state index is 10.6. The Kier molecular flexibility index (Phi) is 2.22. The highest BCUT2D eigenvalue weighted by molar-refractivity contribution is 8.00. The predicted octanol–water partition coefficient (Wildman–Crippen LogP) is 2.03. The van der Waals surface area contributed by atoms with Crippen LogP contribution in [0.5, 0.6) is 0 Å². The van der Waals surface area contributed by atoms with Crippen LogP contribution in [-0.2, 0) is 0 Å². The van der Waals surface area contributed by atoms with Crippen molar-refractivity contribution in [2.75, 3.05) is 0 Å². The second-order valence-electron chi connectivity index (χ2n) is 3.00. The molecule has 0 spiro atoms. The molecule has 1 aromatic heterocycles. The van der Waals surface area contributed by atoms with Crippen molar-refractivity contribution in [1.82, 2.24) is 4.98 Å². The van der Waals surface area contributed by atoms with Gasteiger partial charge in [-0.1, -0.05) is 0 Å². The SMILES string of the molecule is O=C(O)c1cc(SC2CC2)ccn1. The third-order valence-electron chi connectivity index (χ3n) is 1.78. The van der Waals surface area contributed by atoms with E-state index in [4.69, 9.17) is 5.11 Å². The number of nitrogens with zero attached hydrogens (tertiary/aromatic N) is 1. The summed E-state index contributed by atoms with van der Waals surface area (Å²) >= 11 is 1.74. The highest BCUT2D eigenvalue weighted by atomic mass is 32.2. The lowest BCUT2D eigenvalue weighted by molar-refractivity contribution is 0.0690. The van der Waals surface area contributed by atoms with Crippen molar-refractivity contribution in [1.29, 1.82) is 0 Å². The first kappa shape index (κ1) is 8.56. The van der Waals surface area contributed by atoms with Crippen LogP contribution >= 0.6 is 11.8 Å². The van der Waals surface area contributed by atoms with Crippen molar-refractivity contribution in [3.05, 3.63) is 24.0 Å². The van der Waals surface area contributed by atoms with Gasteiger partial charge in [0.15, 0.2) is 0 Å². The predicted molar refractivity (Wildman–Crippen MR) is 50.1 cm³/mol. The van der Waals surface area contributed by atoms with Crippen molar-refractivity contribution in [2.45, 2.75) is 23.0 Å². The summed E-state index contributed by atoms with van der Waals surface area (Å²) in [6, 6.07) is 3.49. The van der Waals surface area contributed by atoms with Crippen molar-refractivity contribution in [3.63, 3.8) is 0 Å². The molecule has 4 heteroatoms. The van der Waals surface area contributed by atoms with Crippen LogP contribution in [0, 0.1) is 0 Å². The van der Waals surface area contributed by atoms with Gasteiger partial charge < -0.3 is 5.11 Å². The summed E-state index contributed by atoms with van der Waals surface area (Å²) in [5.41, 5.74) is 0.130. The number of thioether (sulfide) groups is 1. The average Bonchev–Trinajstić information content (AvgIpc) is 2.89. The molecule has 0 radical (unpaired) electrons. The Labute approximate surface area is 80.2 Å². The van der Waals surface area contributed by atoms with Crippen LogP contribution in [0.25, 0.3) is 0 Å². The van der Waals surface area contributed by atoms with Gasteiger partial charge in [0, 0.05) is 16.3 Å². The molecule has 1 aromatic rings. The Bertz CT molecular complexity index is 336. The van der Waals surface area contributed by atoms with Gasteiger partial charge in [-0.25, -0.2) is 9.78 Å². The number of carboxylic acid groups (broad SMARTS) is 1. The Morgan fingerprint density at radius 1 is 1.62 bits per heavy atom. The molecule has 0 saturated heterocycles. The van der Waals surface area contributed by atoms with Crippen LogP contribution in [0.15, 0.2) is 23.2 Å². The second-order valence-corrected chi connectivity index (χ2v) is 4.37. The maximum Gasteiger partial charge on any atom is 0.354 e. The zero-order chi connectivity index (χ0) is 9.26. The van der Waals surface area contributed by atoms with Gasteiger partial charge in [-0.15, -0.1) is 11.8 Å². The molecule has 0 aromatic carbocycles. The third-order valence-corrected chi connectivity index (χ3v) is 3.11. The van der Waals surface area contributed by atoms with Gasteiger partial charge in [-0.05, 0) is 25.0 Å². The van der Waals surface area contributed by atoms with E-state index in [9.17, 15) is 4.79 Å². The number of pyridine rings is 1. The molecule has 2 rings (SSSR count). The molecule has 1 aliphatic rings. The van der Waals surface area contributed by atoms with Crippen molar-refractivity contribution in [3.8, 4) is 0 Å². The molecule has 0 aliphatic heterocycles. The Hall–Kier alpha value is -1.03. The summed E-state index contributed by atoms with van der Waals surface area (Å²) in [5, 5.41) is 9.39. The molecule has 1 heterocycles. The van der Waals surface area contributed by atoms with Gasteiger partial charge in [0.25, 0.3) is 0 Å². The second kappa shape index (κ2) is 3.38. The molecule has 1 fully saturated rings. The van der Waals surface area contributed by atoms with E-state index in [2.05, 4.69) is 4.98 Å².